The molecule has 0 spiro atoms. The first-order valence-electron chi connectivity index (χ1n) is 11.3. The third kappa shape index (κ3) is 2.93. The molecule has 2 bridgehead atoms. The molecule has 0 radical (unpaired) electrons. The van der Waals surface area contributed by atoms with Crippen LogP contribution in [0.25, 0.3) is 10.9 Å². The smallest absolute Gasteiger partial charge is 0.151 e. The van der Waals surface area contributed by atoms with Gasteiger partial charge in [-0.15, -0.1) is 0 Å². The molecular weight excluding hydrogens is 419 g/mol. The Morgan fingerprint density at radius 3 is 1.55 bits per heavy atom. The molecule has 0 aromatic heterocycles. The maximum atomic E-state index is 12.8. The number of aldehydes is 1. The number of fused-ring (bicyclic) bond motifs is 2. The Morgan fingerprint density at radius 2 is 1.06 bits per heavy atom. The van der Waals surface area contributed by atoms with Gasteiger partial charge < -0.3 is 0 Å². The van der Waals surface area contributed by atoms with Crippen molar-refractivity contribution in [1.29, 1.82) is 0 Å². The van der Waals surface area contributed by atoms with E-state index in [0.29, 0.717) is 0 Å². The molecule has 2 heterocycles. The summed E-state index contributed by atoms with van der Waals surface area (Å²) >= 11 is 0. The number of allylic oxidation sites excluding steroid dienone is 3. The predicted molar refractivity (Wildman–Crippen MR) is 138 cm³/mol. The fraction of sp³-hybridized carbons (Fsp3) is 0.0645. The van der Waals surface area contributed by atoms with Crippen molar-refractivity contribution in [3.05, 3.63) is 155 Å². The third-order valence-electron chi connectivity index (χ3n) is 6.89. The summed E-state index contributed by atoms with van der Waals surface area (Å²) in [5.41, 5.74) is 6.10. The highest BCUT2D eigenvalue weighted by Gasteiger charge is 2.60. The van der Waals surface area contributed by atoms with Gasteiger partial charge in [0.15, 0.2) is 6.29 Å². The van der Waals surface area contributed by atoms with Crippen molar-refractivity contribution in [3.8, 4) is 0 Å². The lowest BCUT2D eigenvalue weighted by molar-refractivity contribution is -0.104. The van der Waals surface area contributed by atoms with E-state index in [2.05, 4.69) is 121 Å². The van der Waals surface area contributed by atoms with Crippen LogP contribution in [0, 0.1) is 5.92 Å². The minimum atomic E-state index is -0.963. The molecule has 0 amide bonds. The van der Waals surface area contributed by atoms with Crippen molar-refractivity contribution in [2.24, 2.45) is 5.92 Å². The molecule has 0 saturated heterocycles. The zero-order valence-electron chi connectivity index (χ0n) is 18.1. The van der Waals surface area contributed by atoms with E-state index in [1.807, 2.05) is 6.07 Å². The minimum Gasteiger partial charge on any atom is -0.298 e. The Kier molecular flexibility index (Phi) is 4.93. The van der Waals surface area contributed by atoms with Crippen LogP contribution in [0.15, 0.2) is 133 Å². The Hall–Kier alpha value is -3.54. The zero-order chi connectivity index (χ0) is 22.3. The van der Waals surface area contributed by atoms with Crippen molar-refractivity contribution < 1.29 is 4.79 Å². The molecule has 2 aliphatic heterocycles. The van der Waals surface area contributed by atoms with E-state index in [0.717, 1.165) is 17.2 Å². The summed E-state index contributed by atoms with van der Waals surface area (Å²) in [5.74, 6) is 0.0891. The highest BCUT2D eigenvalue weighted by atomic mass is 31.1. The highest BCUT2D eigenvalue weighted by Crippen LogP contribution is 2.84. The van der Waals surface area contributed by atoms with Gasteiger partial charge in [-0.3, -0.25) is 4.79 Å². The van der Waals surface area contributed by atoms with Gasteiger partial charge in [-0.1, -0.05) is 127 Å². The second-order valence-electron chi connectivity index (χ2n) is 8.51. The summed E-state index contributed by atoms with van der Waals surface area (Å²) in [5, 5.41) is 1.98. The summed E-state index contributed by atoms with van der Waals surface area (Å²) in [7, 11) is -0.963. The molecule has 1 unspecified atom stereocenters. The van der Waals surface area contributed by atoms with Gasteiger partial charge in [0.1, 0.15) is 0 Å². The van der Waals surface area contributed by atoms with Crippen LogP contribution in [-0.4, -0.2) is 6.29 Å². The van der Waals surface area contributed by atoms with E-state index in [4.69, 9.17) is 0 Å². The first kappa shape index (κ1) is 20.1. The number of carbonyl (C=O) groups excluding carboxylic acids is 1. The van der Waals surface area contributed by atoms with Gasteiger partial charge in [-0.2, -0.15) is 0 Å². The Bertz CT molecular complexity index is 1320. The average Bonchev–Trinajstić information content (AvgIpc) is 3.40. The average molecular weight is 442 g/mol. The summed E-state index contributed by atoms with van der Waals surface area (Å²) < 4.78 is 0. The zero-order valence-corrected chi connectivity index (χ0v) is 19.0. The molecular formula is C31H23OP. The SMILES string of the molecule is O=CC1=C(c2ccccc2)[C@@H]2C=C(c3ccccc3)P1C2(c1ccccc1)c1ccccc1. The van der Waals surface area contributed by atoms with E-state index in [1.165, 1.54) is 27.6 Å². The Morgan fingerprint density at radius 1 is 0.606 bits per heavy atom. The van der Waals surface area contributed by atoms with Crippen molar-refractivity contribution in [3.63, 3.8) is 0 Å². The number of hydrogen-bond acceptors (Lipinski definition) is 1. The molecule has 0 aliphatic carbocycles. The molecule has 4 aromatic carbocycles. The van der Waals surface area contributed by atoms with Crippen LogP contribution in [0.5, 0.6) is 0 Å². The van der Waals surface area contributed by atoms with E-state index >= 15 is 0 Å². The molecule has 158 valence electrons. The van der Waals surface area contributed by atoms with Crippen molar-refractivity contribution >= 4 is 25.1 Å². The van der Waals surface area contributed by atoms with E-state index in [9.17, 15) is 4.79 Å². The summed E-state index contributed by atoms with van der Waals surface area (Å²) in [6, 6.07) is 42.7. The summed E-state index contributed by atoms with van der Waals surface area (Å²) in [6.07, 6.45) is 3.60. The minimum absolute atomic E-state index is 0.0891. The van der Waals surface area contributed by atoms with Crippen molar-refractivity contribution in [2.75, 3.05) is 0 Å². The van der Waals surface area contributed by atoms with Crippen LogP contribution in [0.1, 0.15) is 22.3 Å². The quantitative estimate of drug-likeness (QED) is 0.229. The van der Waals surface area contributed by atoms with Crippen LogP contribution in [-0.2, 0) is 9.95 Å². The second kappa shape index (κ2) is 8.10. The number of hydrogen-bond donors (Lipinski definition) is 0. The fourth-order valence-corrected chi connectivity index (χ4v) is 9.27. The molecule has 0 saturated carbocycles. The number of rotatable bonds is 5. The molecule has 0 N–H and O–H groups in total. The number of benzene rings is 4. The van der Waals surface area contributed by atoms with Gasteiger partial charge in [0.2, 0.25) is 0 Å². The lowest BCUT2D eigenvalue weighted by atomic mass is 9.74. The molecule has 2 heteroatoms. The third-order valence-corrected chi connectivity index (χ3v) is 10.1. The predicted octanol–water partition coefficient (Wildman–Crippen LogP) is 7.71. The fourth-order valence-electron chi connectivity index (χ4n) is 5.64. The second-order valence-corrected chi connectivity index (χ2v) is 10.9. The van der Waals surface area contributed by atoms with Gasteiger partial charge >= 0.3 is 0 Å². The maximum absolute atomic E-state index is 12.8. The normalized spacial score (nSPS) is 20.5. The standard InChI is InChI=1S/C31H23OP/c32-22-29-30(24-15-7-2-8-16-24)27-21-28(23-13-5-1-6-14-23)33(29)31(27,25-17-9-3-10-18-25)26-19-11-4-12-20-26/h1-22,27H/t27-,33?/m0/s1. The molecule has 33 heavy (non-hydrogen) atoms. The molecule has 2 aliphatic rings. The molecule has 6 rings (SSSR count). The van der Waals surface area contributed by atoms with Gasteiger partial charge in [0, 0.05) is 11.2 Å². The van der Waals surface area contributed by atoms with E-state index in [1.54, 1.807) is 0 Å². The summed E-state index contributed by atoms with van der Waals surface area (Å²) in [4.78, 5) is 12.8. The highest BCUT2D eigenvalue weighted by molar-refractivity contribution is 7.76. The largest absolute Gasteiger partial charge is 0.298 e. The molecule has 4 aromatic rings. The molecule has 2 atom stereocenters. The van der Waals surface area contributed by atoms with E-state index in [-0.39, 0.29) is 11.1 Å². The van der Waals surface area contributed by atoms with Crippen LogP contribution in [0.4, 0.5) is 0 Å². The van der Waals surface area contributed by atoms with Gasteiger partial charge in [-0.25, -0.2) is 0 Å². The van der Waals surface area contributed by atoms with E-state index < -0.39 is 7.92 Å². The number of carbonyl (C=O) groups is 1. The Labute approximate surface area is 195 Å². The first-order valence-corrected chi connectivity index (χ1v) is 12.6. The van der Waals surface area contributed by atoms with Crippen LogP contribution < -0.4 is 0 Å². The Balaban J connectivity index is 1.68. The van der Waals surface area contributed by atoms with Crippen LogP contribution in [0.3, 0.4) is 0 Å². The maximum Gasteiger partial charge on any atom is 0.151 e. The van der Waals surface area contributed by atoms with Crippen molar-refractivity contribution in [1.82, 2.24) is 0 Å². The monoisotopic (exact) mass is 442 g/mol. The van der Waals surface area contributed by atoms with Gasteiger partial charge in [-0.05, 0) is 41.1 Å². The molecule has 0 fully saturated rings. The van der Waals surface area contributed by atoms with Crippen molar-refractivity contribution in [2.45, 2.75) is 5.16 Å². The summed E-state index contributed by atoms with van der Waals surface area (Å²) in [6.45, 7) is 0. The first-order chi connectivity index (χ1) is 16.4. The van der Waals surface area contributed by atoms with Gasteiger partial charge in [0.25, 0.3) is 0 Å². The topological polar surface area (TPSA) is 17.1 Å². The van der Waals surface area contributed by atoms with Crippen LogP contribution in [0.2, 0.25) is 0 Å². The lowest BCUT2D eigenvalue weighted by Gasteiger charge is -2.38. The van der Waals surface area contributed by atoms with Crippen LogP contribution >= 0.6 is 7.92 Å². The van der Waals surface area contributed by atoms with Gasteiger partial charge in [0.05, 0.1) is 5.16 Å². The lowest BCUT2D eigenvalue weighted by Crippen LogP contribution is -2.28. The molecule has 1 nitrogen and oxygen atoms in total.